The Hall–Kier alpha value is -3.29. The maximum atomic E-state index is 13.8. The van der Waals surface area contributed by atoms with Crippen LogP contribution in [0.5, 0.6) is 5.75 Å². The zero-order valence-electron chi connectivity index (χ0n) is 14.6. The van der Waals surface area contributed by atoms with E-state index in [1.54, 1.807) is 24.3 Å². The van der Waals surface area contributed by atoms with Gasteiger partial charge in [0.2, 0.25) is 0 Å². The van der Waals surface area contributed by atoms with Gasteiger partial charge in [-0.3, -0.25) is 14.5 Å². The number of Topliss-reactive ketones (excluding diaryl/α,β-unsaturated/α-hetero) is 1. The lowest BCUT2D eigenvalue weighted by atomic mass is 9.92. The number of rotatable bonds is 5. The van der Waals surface area contributed by atoms with Gasteiger partial charge in [-0.15, -0.1) is 0 Å². The van der Waals surface area contributed by atoms with Crippen LogP contribution in [0.15, 0.2) is 42.5 Å². The van der Waals surface area contributed by atoms with Crippen LogP contribution in [0.2, 0.25) is 0 Å². The first-order valence-corrected chi connectivity index (χ1v) is 8.03. The molecule has 1 heterocycles. The predicted molar refractivity (Wildman–Crippen MR) is 91.3 cm³/mol. The van der Waals surface area contributed by atoms with Crippen molar-refractivity contribution in [3.63, 3.8) is 0 Å². The third-order valence-corrected chi connectivity index (χ3v) is 4.48. The normalized spacial score (nSPS) is 19.2. The van der Waals surface area contributed by atoms with Crippen molar-refractivity contribution in [1.82, 2.24) is 10.2 Å². The van der Waals surface area contributed by atoms with Crippen molar-refractivity contribution in [2.24, 2.45) is 0 Å². The van der Waals surface area contributed by atoms with E-state index in [2.05, 4.69) is 5.32 Å². The second kappa shape index (κ2) is 6.79. The molecule has 1 saturated heterocycles. The topological polar surface area (TPSA) is 75.7 Å². The Bertz CT molecular complexity index is 930. The molecular formula is C19H16F2N2O4. The Kier molecular flexibility index (Phi) is 4.65. The number of benzene rings is 2. The molecule has 8 heteroatoms. The molecule has 1 N–H and O–H groups in total. The minimum atomic E-state index is -1.37. The third-order valence-electron chi connectivity index (χ3n) is 4.48. The second-order valence-corrected chi connectivity index (χ2v) is 6.22. The summed E-state index contributed by atoms with van der Waals surface area (Å²) >= 11 is 0. The molecule has 1 fully saturated rings. The highest BCUT2D eigenvalue weighted by Crippen LogP contribution is 2.30. The van der Waals surface area contributed by atoms with Crippen molar-refractivity contribution in [2.45, 2.75) is 12.5 Å². The number of amides is 3. The number of nitrogens with zero attached hydrogens (tertiary/aromatic N) is 1. The number of carbonyl (C=O) groups excluding carboxylic acids is 3. The molecule has 0 aliphatic carbocycles. The average Bonchev–Trinajstić information content (AvgIpc) is 2.85. The zero-order valence-corrected chi connectivity index (χ0v) is 14.6. The Morgan fingerprint density at radius 1 is 1.15 bits per heavy atom. The highest BCUT2D eigenvalue weighted by Gasteiger charge is 2.49. The molecule has 3 amide bonds. The van der Waals surface area contributed by atoms with Gasteiger partial charge in [-0.05, 0) is 36.8 Å². The van der Waals surface area contributed by atoms with E-state index < -0.39 is 47.0 Å². The number of methoxy groups -OCH3 is 1. The van der Waals surface area contributed by atoms with Crippen molar-refractivity contribution >= 4 is 17.7 Å². The molecule has 3 rings (SSSR count). The van der Waals surface area contributed by atoms with Crippen LogP contribution in [-0.4, -0.2) is 36.3 Å². The molecule has 0 spiro atoms. The maximum Gasteiger partial charge on any atom is 0.325 e. The third kappa shape index (κ3) is 3.25. The van der Waals surface area contributed by atoms with Gasteiger partial charge in [0.25, 0.3) is 5.91 Å². The van der Waals surface area contributed by atoms with Crippen molar-refractivity contribution < 1.29 is 27.9 Å². The molecule has 0 radical (unpaired) electrons. The van der Waals surface area contributed by atoms with Crippen LogP contribution in [0, 0.1) is 11.6 Å². The van der Waals surface area contributed by atoms with Crippen molar-refractivity contribution in [3.8, 4) is 5.75 Å². The predicted octanol–water partition coefficient (Wildman–Crippen LogP) is 2.62. The number of halogens is 2. The summed E-state index contributed by atoms with van der Waals surface area (Å²) in [7, 11) is 1.50. The fourth-order valence-electron chi connectivity index (χ4n) is 2.90. The smallest absolute Gasteiger partial charge is 0.325 e. The Labute approximate surface area is 153 Å². The summed E-state index contributed by atoms with van der Waals surface area (Å²) in [6, 6.07) is 8.25. The molecule has 140 valence electrons. The fourth-order valence-corrected chi connectivity index (χ4v) is 2.90. The van der Waals surface area contributed by atoms with Gasteiger partial charge in [0.15, 0.2) is 5.78 Å². The van der Waals surface area contributed by atoms with Crippen LogP contribution in [0.25, 0.3) is 0 Å². The molecule has 6 nitrogen and oxygen atoms in total. The molecular weight excluding hydrogens is 358 g/mol. The van der Waals surface area contributed by atoms with Gasteiger partial charge in [0.1, 0.15) is 22.9 Å². The molecule has 27 heavy (non-hydrogen) atoms. The quantitative estimate of drug-likeness (QED) is 0.645. The summed E-state index contributed by atoms with van der Waals surface area (Å²) in [5.74, 6) is -2.75. The van der Waals surface area contributed by atoms with Gasteiger partial charge in [-0.1, -0.05) is 12.1 Å². The molecule has 1 atom stereocenters. The number of carbonyl (C=O) groups is 3. The van der Waals surface area contributed by atoms with Crippen LogP contribution in [0.3, 0.4) is 0 Å². The lowest BCUT2D eigenvalue weighted by molar-refractivity contribution is -0.130. The number of hydrogen-bond acceptors (Lipinski definition) is 4. The molecule has 0 bridgehead atoms. The Morgan fingerprint density at radius 3 is 2.41 bits per heavy atom. The minimum absolute atomic E-state index is 0.393. The molecule has 0 aromatic heterocycles. The average molecular weight is 374 g/mol. The van der Waals surface area contributed by atoms with Gasteiger partial charge >= 0.3 is 6.03 Å². The minimum Gasteiger partial charge on any atom is -0.497 e. The summed E-state index contributed by atoms with van der Waals surface area (Å²) in [5, 5.41) is 2.56. The number of ether oxygens (including phenoxy) is 1. The molecule has 0 saturated carbocycles. The van der Waals surface area contributed by atoms with Crippen LogP contribution in [0.1, 0.15) is 22.8 Å². The van der Waals surface area contributed by atoms with Crippen molar-refractivity contribution in [1.29, 1.82) is 0 Å². The van der Waals surface area contributed by atoms with E-state index in [4.69, 9.17) is 4.74 Å². The van der Waals surface area contributed by atoms with Crippen molar-refractivity contribution in [2.75, 3.05) is 13.7 Å². The lowest BCUT2D eigenvalue weighted by Crippen LogP contribution is -2.41. The first-order valence-electron chi connectivity index (χ1n) is 8.03. The number of imide groups is 1. The Balaban J connectivity index is 1.84. The van der Waals surface area contributed by atoms with Gasteiger partial charge in [0, 0.05) is 6.07 Å². The number of ketones is 1. The van der Waals surface area contributed by atoms with Crippen LogP contribution in [-0.2, 0) is 10.3 Å². The highest BCUT2D eigenvalue weighted by atomic mass is 19.1. The zero-order chi connectivity index (χ0) is 19.8. The summed E-state index contributed by atoms with van der Waals surface area (Å²) in [4.78, 5) is 38.1. The first kappa shape index (κ1) is 18.5. The van der Waals surface area contributed by atoms with E-state index in [-0.39, 0.29) is 0 Å². The lowest BCUT2D eigenvalue weighted by Gasteiger charge is -2.22. The first-order chi connectivity index (χ1) is 12.8. The van der Waals surface area contributed by atoms with Crippen LogP contribution < -0.4 is 10.1 Å². The van der Waals surface area contributed by atoms with Gasteiger partial charge in [-0.2, -0.15) is 0 Å². The van der Waals surface area contributed by atoms with Crippen molar-refractivity contribution in [3.05, 3.63) is 65.2 Å². The maximum absolute atomic E-state index is 13.8. The SMILES string of the molecule is COc1ccc(C2(C)NC(=O)N(CC(=O)c3ccc(F)cc3F)C2=O)cc1. The molecule has 1 unspecified atom stereocenters. The largest absolute Gasteiger partial charge is 0.497 e. The van der Waals surface area contributed by atoms with E-state index in [0.717, 1.165) is 17.0 Å². The van der Waals surface area contributed by atoms with Crippen LogP contribution in [0.4, 0.5) is 13.6 Å². The second-order valence-electron chi connectivity index (χ2n) is 6.22. The summed E-state index contributed by atoms with van der Waals surface area (Å²) in [6.45, 7) is 0.858. The standard InChI is InChI=1S/C19H16F2N2O4/c1-19(11-3-6-13(27-2)7-4-11)17(25)23(18(26)22-19)10-16(24)14-8-5-12(20)9-15(14)21/h3-9H,10H2,1-2H3,(H,22,26). The molecule has 1 aliphatic rings. The Morgan fingerprint density at radius 2 is 1.81 bits per heavy atom. The van der Waals surface area contributed by atoms with E-state index in [0.29, 0.717) is 17.4 Å². The van der Waals surface area contributed by atoms with E-state index in [9.17, 15) is 23.2 Å². The summed E-state index contributed by atoms with van der Waals surface area (Å²) < 4.78 is 31.8. The number of urea groups is 1. The van der Waals surface area contributed by atoms with E-state index in [1.165, 1.54) is 14.0 Å². The van der Waals surface area contributed by atoms with Gasteiger partial charge < -0.3 is 10.1 Å². The van der Waals surface area contributed by atoms with E-state index in [1.807, 2.05) is 0 Å². The fraction of sp³-hybridized carbons (Fsp3) is 0.211. The van der Waals surface area contributed by atoms with E-state index >= 15 is 0 Å². The van der Waals surface area contributed by atoms with Crippen LogP contribution >= 0.6 is 0 Å². The highest BCUT2D eigenvalue weighted by molar-refractivity contribution is 6.11. The molecule has 2 aromatic carbocycles. The number of nitrogens with one attached hydrogen (secondary N) is 1. The van der Waals surface area contributed by atoms with Gasteiger partial charge in [0.05, 0.1) is 19.2 Å². The summed E-state index contributed by atoms with van der Waals surface area (Å²) in [5.41, 5.74) is -1.26. The van der Waals surface area contributed by atoms with Gasteiger partial charge in [-0.25, -0.2) is 13.6 Å². The monoisotopic (exact) mass is 374 g/mol. The molecule has 1 aliphatic heterocycles. The number of hydrogen-bond donors (Lipinski definition) is 1. The molecule has 2 aromatic rings. The summed E-state index contributed by atoms with van der Waals surface area (Å²) in [6.07, 6.45) is 0.